The second-order valence-electron chi connectivity index (χ2n) is 7.58. The Morgan fingerprint density at radius 1 is 0.769 bits per heavy atom. The monoisotopic (exact) mass is 400 g/mol. The molecule has 0 aliphatic rings. The first-order valence-electron chi connectivity index (χ1n) is 10.5. The number of aliphatic hydroxyl groups is 1. The van der Waals surface area contributed by atoms with Gasteiger partial charge in [0, 0.05) is 5.25 Å². The maximum Gasteiger partial charge on any atom is 1.00 e. The zero-order valence-corrected chi connectivity index (χ0v) is 20.4. The Morgan fingerprint density at radius 3 is 1.46 bits per heavy atom. The average Bonchev–Trinajstić information content (AvgIpc) is 2.54. The van der Waals surface area contributed by atoms with Gasteiger partial charge in [-0.3, -0.25) is 0 Å². The number of hydrogen-bond acceptors (Lipinski definition) is 4. The van der Waals surface area contributed by atoms with Crippen LogP contribution in [0.25, 0.3) is 0 Å². The Hall–Kier alpha value is 0.870. The van der Waals surface area contributed by atoms with Crippen LogP contribution in [-0.4, -0.2) is 29.4 Å². The van der Waals surface area contributed by atoms with Gasteiger partial charge in [-0.1, -0.05) is 96.8 Å². The zero-order valence-electron chi connectivity index (χ0n) is 17.5. The molecule has 0 fully saturated rings. The van der Waals surface area contributed by atoms with E-state index in [1.807, 2.05) is 0 Å². The molecule has 0 aliphatic carbocycles. The second-order valence-corrected chi connectivity index (χ2v) is 9.37. The van der Waals surface area contributed by atoms with Crippen LogP contribution in [0.1, 0.15) is 117 Å². The molecular formula is C20H41NaO4S. The van der Waals surface area contributed by atoms with Crippen LogP contribution in [-0.2, 0) is 10.1 Å². The van der Waals surface area contributed by atoms with Crippen molar-refractivity contribution in [3.63, 3.8) is 0 Å². The molecule has 4 nitrogen and oxygen atoms in total. The molecule has 0 aromatic rings. The summed E-state index contributed by atoms with van der Waals surface area (Å²) in [6, 6.07) is 0. The van der Waals surface area contributed by atoms with Gasteiger partial charge in [0.25, 0.3) is 0 Å². The predicted octanol–water partition coefficient (Wildman–Crippen LogP) is 2.55. The van der Waals surface area contributed by atoms with E-state index in [4.69, 9.17) is 0 Å². The van der Waals surface area contributed by atoms with Crippen LogP contribution in [0.4, 0.5) is 0 Å². The Bertz CT molecular complexity index is 387. The zero-order chi connectivity index (χ0) is 19.0. The molecule has 0 saturated carbocycles. The molecule has 0 radical (unpaired) electrons. The summed E-state index contributed by atoms with van der Waals surface area (Å²) in [6.45, 7) is 3.63. The Morgan fingerprint density at radius 2 is 1.12 bits per heavy atom. The topological polar surface area (TPSA) is 77.4 Å². The van der Waals surface area contributed by atoms with E-state index in [1.54, 1.807) is 0 Å². The van der Waals surface area contributed by atoms with E-state index in [-0.39, 0.29) is 36.0 Å². The third-order valence-corrected chi connectivity index (χ3v) is 6.17. The molecule has 0 heterocycles. The quantitative estimate of drug-likeness (QED) is 0.218. The molecule has 0 bridgehead atoms. The van der Waals surface area contributed by atoms with Crippen LogP contribution in [0, 0.1) is 0 Å². The van der Waals surface area contributed by atoms with Gasteiger partial charge in [-0.15, -0.1) is 0 Å². The van der Waals surface area contributed by atoms with E-state index in [9.17, 15) is 18.1 Å². The number of hydrogen-bond donors (Lipinski definition) is 1. The van der Waals surface area contributed by atoms with Gasteiger partial charge in [-0.05, 0) is 19.8 Å². The van der Waals surface area contributed by atoms with Gasteiger partial charge in [0.15, 0.2) is 0 Å². The first kappa shape index (κ1) is 29.1. The Labute approximate surface area is 185 Å². The SMILES string of the molecule is CCCCCCCCCCCCCCCCC(O)CC(C)S(=O)(=O)[O-].[Na+]. The first-order valence-corrected chi connectivity index (χ1v) is 12.0. The Kier molecular flexibility index (Phi) is 21.5. The molecular weight excluding hydrogens is 359 g/mol. The van der Waals surface area contributed by atoms with Crippen LogP contribution in [0.15, 0.2) is 0 Å². The van der Waals surface area contributed by atoms with Crippen molar-refractivity contribution in [1.82, 2.24) is 0 Å². The van der Waals surface area contributed by atoms with E-state index in [2.05, 4.69) is 6.92 Å². The maximum atomic E-state index is 10.8. The summed E-state index contributed by atoms with van der Waals surface area (Å²) >= 11 is 0. The molecule has 6 heteroatoms. The first-order chi connectivity index (χ1) is 11.9. The second kappa shape index (κ2) is 19.2. The van der Waals surface area contributed by atoms with E-state index in [1.165, 1.54) is 84.0 Å². The van der Waals surface area contributed by atoms with Crippen molar-refractivity contribution in [2.45, 2.75) is 128 Å². The Balaban J connectivity index is 0. The van der Waals surface area contributed by atoms with Crippen LogP contribution in [0.5, 0.6) is 0 Å². The minimum Gasteiger partial charge on any atom is -0.748 e. The fourth-order valence-corrected chi connectivity index (χ4v) is 3.65. The maximum absolute atomic E-state index is 10.8. The summed E-state index contributed by atoms with van der Waals surface area (Å²) in [6.07, 6.45) is 18.0. The fraction of sp³-hybridized carbons (Fsp3) is 1.00. The van der Waals surface area contributed by atoms with Crippen molar-refractivity contribution in [1.29, 1.82) is 0 Å². The molecule has 0 rings (SSSR count). The van der Waals surface area contributed by atoms with E-state index in [0.29, 0.717) is 6.42 Å². The molecule has 1 N–H and O–H groups in total. The molecule has 0 aromatic carbocycles. The van der Waals surface area contributed by atoms with Crippen molar-refractivity contribution in [2.75, 3.05) is 0 Å². The minimum absolute atomic E-state index is 0. The predicted molar refractivity (Wildman–Crippen MR) is 105 cm³/mol. The van der Waals surface area contributed by atoms with Gasteiger partial charge in [0.2, 0.25) is 0 Å². The molecule has 152 valence electrons. The largest absolute Gasteiger partial charge is 1.00 e. The van der Waals surface area contributed by atoms with Crippen LogP contribution in [0.2, 0.25) is 0 Å². The van der Waals surface area contributed by atoms with E-state index in [0.717, 1.165) is 12.8 Å². The van der Waals surface area contributed by atoms with Gasteiger partial charge in [0.1, 0.15) is 0 Å². The van der Waals surface area contributed by atoms with E-state index < -0.39 is 21.5 Å². The smallest absolute Gasteiger partial charge is 0.748 e. The third-order valence-electron chi connectivity index (χ3n) is 4.99. The average molecular weight is 401 g/mol. The normalized spacial score (nSPS) is 14.0. The summed E-state index contributed by atoms with van der Waals surface area (Å²) in [7, 11) is -4.27. The molecule has 0 aliphatic heterocycles. The molecule has 0 saturated heterocycles. The van der Waals surface area contributed by atoms with Gasteiger partial charge in [-0.25, -0.2) is 8.42 Å². The van der Waals surface area contributed by atoms with Crippen LogP contribution >= 0.6 is 0 Å². The minimum atomic E-state index is -4.27. The summed E-state index contributed by atoms with van der Waals surface area (Å²) in [5, 5.41) is 8.78. The number of rotatable bonds is 18. The van der Waals surface area contributed by atoms with Crippen molar-refractivity contribution < 1.29 is 47.6 Å². The van der Waals surface area contributed by atoms with Gasteiger partial charge in [0.05, 0.1) is 16.2 Å². The summed E-state index contributed by atoms with van der Waals surface area (Å²) < 4.78 is 32.4. The van der Waals surface area contributed by atoms with Gasteiger partial charge < -0.3 is 9.66 Å². The molecule has 0 spiro atoms. The van der Waals surface area contributed by atoms with Crippen LogP contribution in [0.3, 0.4) is 0 Å². The number of aliphatic hydroxyl groups excluding tert-OH is 1. The van der Waals surface area contributed by atoms with Gasteiger partial charge in [-0.2, -0.15) is 0 Å². The molecule has 2 atom stereocenters. The third kappa shape index (κ3) is 19.6. The molecule has 26 heavy (non-hydrogen) atoms. The standard InChI is InChI=1S/C20H42O4S.Na/c1-3-4-5-6-7-8-9-10-11-12-13-14-15-16-17-20(21)18-19(2)25(22,23)24;/h19-21H,3-18H2,1-2H3,(H,22,23,24);/q;+1/p-1. The van der Waals surface area contributed by atoms with Crippen molar-refractivity contribution in [3.05, 3.63) is 0 Å². The van der Waals surface area contributed by atoms with Crippen molar-refractivity contribution in [3.8, 4) is 0 Å². The summed E-state index contributed by atoms with van der Waals surface area (Å²) in [5.41, 5.74) is 0. The molecule has 0 aromatic heterocycles. The molecule has 0 amide bonds. The number of unbranched alkanes of at least 4 members (excludes halogenated alkanes) is 13. The summed E-state index contributed by atoms with van der Waals surface area (Å²) in [5.74, 6) is 0. The van der Waals surface area contributed by atoms with E-state index >= 15 is 0 Å². The van der Waals surface area contributed by atoms with Crippen molar-refractivity contribution >= 4 is 10.1 Å². The van der Waals surface area contributed by atoms with Gasteiger partial charge >= 0.3 is 29.6 Å². The summed E-state index contributed by atoms with van der Waals surface area (Å²) in [4.78, 5) is 0. The van der Waals surface area contributed by atoms with Crippen molar-refractivity contribution in [2.24, 2.45) is 0 Å². The fourth-order valence-electron chi connectivity index (χ4n) is 3.19. The molecule has 2 unspecified atom stereocenters. The van der Waals surface area contributed by atoms with Crippen LogP contribution < -0.4 is 29.6 Å².